The number of hydrogen-bond acceptors (Lipinski definition) is 4. The lowest BCUT2D eigenvalue weighted by atomic mass is 10.00. The Bertz CT molecular complexity index is 539. The number of carboxylic acid groups (broad SMARTS) is 1. The third-order valence-electron chi connectivity index (χ3n) is 3.18. The lowest BCUT2D eigenvalue weighted by Gasteiger charge is -2.38. The fourth-order valence-corrected chi connectivity index (χ4v) is 2.03. The standard InChI is InChI=1S/C13H16N2O4/c1-13(2,12(17)18)15-9-4-3-8(6-14)5-10(9)19-7-11(15)16/h3-5H,6-7,14H2,1-2H3,(H,17,18). The number of nitrogens with zero attached hydrogens (tertiary/aromatic N) is 1. The maximum atomic E-state index is 12.0. The van der Waals surface area contributed by atoms with Crippen molar-refractivity contribution in [2.24, 2.45) is 5.73 Å². The maximum absolute atomic E-state index is 12.0. The van der Waals surface area contributed by atoms with Crippen LogP contribution >= 0.6 is 0 Å². The summed E-state index contributed by atoms with van der Waals surface area (Å²) in [5.74, 6) is -0.964. The van der Waals surface area contributed by atoms with Gasteiger partial charge in [-0.2, -0.15) is 0 Å². The molecule has 1 aliphatic rings. The van der Waals surface area contributed by atoms with Crippen LogP contribution in [0.3, 0.4) is 0 Å². The Hall–Kier alpha value is -2.08. The van der Waals surface area contributed by atoms with E-state index in [4.69, 9.17) is 10.5 Å². The number of carbonyl (C=O) groups is 2. The van der Waals surface area contributed by atoms with Gasteiger partial charge >= 0.3 is 5.97 Å². The minimum absolute atomic E-state index is 0.169. The maximum Gasteiger partial charge on any atom is 0.329 e. The van der Waals surface area contributed by atoms with Gasteiger partial charge in [0.25, 0.3) is 5.91 Å². The monoisotopic (exact) mass is 264 g/mol. The molecule has 0 radical (unpaired) electrons. The van der Waals surface area contributed by atoms with E-state index in [1.807, 2.05) is 0 Å². The van der Waals surface area contributed by atoms with E-state index in [0.717, 1.165) is 5.56 Å². The second kappa shape index (κ2) is 4.55. The topological polar surface area (TPSA) is 92.9 Å². The molecular formula is C13H16N2O4. The predicted octanol–water partition coefficient (Wildman–Crippen LogP) is 0.734. The number of anilines is 1. The summed E-state index contributed by atoms with van der Waals surface area (Å²) in [4.78, 5) is 24.6. The van der Waals surface area contributed by atoms with Crippen LogP contribution in [0.2, 0.25) is 0 Å². The fourth-order valence-electron chi connectivity index (χ4n) is 2.03. The Morgan fingerprint density at radius 1 is 1.53 bits per heavy atom. The van der Waals surface area contributed by atoms with Gasteiger partial charge in [0.1, 0.15) is 11.3 Å². The number of carboxylic acids is 1. The van der Waals surface area contributed by atoms with Crippen molar-refractivity contribution >= 4 is 17.6 Å². The van der Waals surface area contributed by atoms with Crippen LogP contribution in [0, 0.1) is 0 Å². The number of ether oxygens (including phenoxy) is 1. The Morgan fingerprint density at radius 3 is 2.79 bits per heavy atom. The Labute approximate surface area is 110 Å². The summed E-state index contributed by atoms with van der Waals surface area (Å²) >= 11 is 0. The highest BCUT2D eigenvalue weighted by Crippen LogP contribution is 2.37. The zero-order valence-electron chi connectivity index (χ0n) is 10.8. The van der Waals surface area contributed by atoms with Gasteiger partial charge in [0.05, 0.1) is 5.69 Å². The summed E-state index contributed by atoms with van der Waals surface area (Å²) in [6.07, 6.45) is 0. The molecule has 1 aromatic carbocycles. The van der Waals surface area contributed by atoms with Crippen molar-refractivity contribution in [3.8, 4) is 5.75 Å². The molecule has 6 heteroatoms. The molecule has 0 fully saturated rings. The summed E-state index contributed by atoms with van der Waals surface area (Å²) in [6, 6.07) is 5.15. The largest absolute Gasteiger partial charge is 0.482 e. The molecule has 0 spiro atoms. The molecule has 0 atom stereocenters. The van der Waals surface area contributed by atoms with E-state index >= 15 is 0 Å². The molecule has 0 aliphatic carbocycles. The van der Waals surface area contributed by atoms with Gasteiger partial charge in [-0.15, -0.1) is 0 Å². The van der Waals surface area contributed by atoms with Gasteiger partial charge in [0.15, 0.2) is 6.61 Å². The van der Waals surface area contributed by atoms with Crippen molar-refractivity contribution in [3.63, 3.8) is 0 Å². The predicted molar refractivity (Wildman–Crippen MR) is 69.0 cm³/mol. The van der Waals surface area contributed by atoms with E-state index in [1.54, 1.807) is 18.2 Å². The second-order valence-electron chi connectivity index (χ2n) is 4.89. The van der Waals surface area contributed by atoms with Crippen molar-refractivity contribution in [2.75, 3.05) is 11.5 Å². The number of benzene rings is 1. The smallest absolute Gasteiger partial charge is 0.329 e. The Morgan fingerprint density at radius 2 is 2.21 bits per heavy atom. The molecule has 0 saturated heterocycles. The molecule has 0 unspecified atom stereocenters. The van der Waals surface area contributed by atoms with Crippen LogP contribution in [0.15, 0.2) is 18.2 Å². The van der Waals surface area contributed by atoms with E-state index in [2.05, 4.69) is 0 Å². The number of nitrogens with two attached hydrogens (primary N) is 1. The number of carbonyl (C=O) groups excluding carboxylic acids is 1. The van der Waals surface area contributed by atoms with Gasteiger partial charge in [-0.3, -0.25) is 9.69 Å². The third kappa shape index (κ3) is 2.15. The highest BCUT2D eigenvalue weighted by molar-refractivity contribution is 6.04. The zero-order valence-corrected chi connectivity index (χ0v) is 10.8. The van der Waals surface area contributed by atoms with E-state index < -0.39 is 11.5 Å². The zero-order chi connectivity index (χ0) is 14.2. The number of hydrogen-bond donors (Lipinski definition) is 2. The van der Waals surface area contributed by atoms with Crippen molar-refractivity contribution in [3.05, 3.63) is 23.8 Å². The van der Waals surface area contributed by atoms with Crippen molar-refractivity contribution in [2.45, 2.75) is 25.9 Å². The molecule has 1 amide bonds. The molecule has 19 heavy (non-hydrogen) atoms. The molecule has 6 nitrogen and oxygen atoms in total. The average Bonchev–Trinajstić information content (AvgIpc) is 2.37. The molecular weight excluding hydrogens is 248 g/mol. The van der Waals surface area contributed by atoms with Gasteiger partial charge < -0.3 is 15.6 Å². The first kappa shape index (κ1) is 13.4. The molecule has 102 valence electrons. The van der Waals surface area contributed by atoms with E-state index in [0.29, 0.717) is 18.0 Å². The molecule has 2 rings (SSSR count). The molecule has 0 bridgehead atoms. The van der Waals surface area contributed by atoms with Gasteiger partial charge in [-0.25, -0.2) is 4.79 Å². The first-order valence-electron chi connectivity index (χ1n) is 5.90. The third-order valence-corrected chi connectivity index (χ3v) is 3.18. The van der Waals surface area contributed by atoms with Gasteiger partial charge in [-0.05, 0) is 31.5 Å². The Kier molecular flexibility index (Phi) is 3.20. The van der Waals surface area contributed by atoms with Crippen LogP contribution in [0.1, 0.15) is 19.4 Å². The van der Waals surface area contributed by atoms with Gasteiger partial charge in [0, 0.05) is 6.54 Å². The summed E-state index contributed by atoms with van der Waals surface area (Å²) in [5, 5.41) is 9.28. The first-order valence-corrected chi connectivity index (χ1v) is 5.90. The minimum Gasteiger partial charge on any atom is -0.482 e. The number of rotatable bonds is 3. The Balaban J connectivity index is 2.53. The van der Waals surface area contributed by atoms with Crippen molar-refractivity contribution < 1.29 is 19.4 Å². The first-order chi connectivity index (χ1) is 8.87. The number of amides is 1. The second-order valence-corrected chi connectivity index (χ2v) is 4.89. The molecule has 0 saturated carbocycles. The van der Waals surface area contributed by atoms with Crippen LogP contribution in [0.5, 0.6) is 5.75 Å². The molecule has 0 aromatic heterocycles. The van der Waals surface area contributed by atoms with Crippen LogP contribution in [0.25, 0.3) is 0 Å². The lowest BCUT2D eigenvalue weighted by molar-refractivity contribution is -0.144. The van der Waals surface area contributed by atoms with Gasteiger partial charge in [-0.1, -0.05) is 6.07 Å². The molecule has 3 N–H and O–H groups in total. The summed E-state index contributed by atoms with van der Waals surface area (Å²) < 4.78 is 5.34. The number of aliphatic carboxylic acids is 1. The quantitative estimate of drug-likeness (QED) is 0.839. The summed E-state index contributed by atoms with van der Waals surface area (Å²) in [7, 11) is 0. The summed E-state index contributed by atoms with van der Waals surface area (Å²) in [6.45, 7) is 3.16. The highest BCUT2D eigenvalue weighted by Gasteiger charge is 2.42. The molecule has 1 aliphatic heterocycles. The fraction of sp³-hybridized carbons (Fsp3) is 0.385. The van der Waals surface area contributed by atoms with Crippen LogP contribution in [-0.4, -0.2) is 29.1 Å². The molecule has 1 aromatic rings. The SMILES string of the molecule is CC(C)(C(=O)O)N1C(=O)COc2cc(CN)ccc21. The van der Waals surface area contributed by atoms with E-state index in [1.165, 1.54) is 18.7 Å². The highest BCUT2D eigenvalue weighted by atomic mass is 16.5. The minimum atomic E-state index is -1.33. The van der Waals surface area contributed by atoms with Gasteiger partial charge in [0.2, 0.25) is 0 Å². The summed E-state index contributed by atoms with van der Waals surface area (Å²) in [5.41, 5.74) is 5.54. The lowest BCUT2D eigenvalue weighted by Crippen LogP contribution is -2.56. The van der Waals surface area contributed by atoms with E-state index in [9.17, 15) is 14.7 Å². The van der Waals surface area contributed by atoms with E-state index in [-0.39, 0.29) is 12.5 Å². The van der Waals surface area contributed by atoms with Crippen LogP contribution in [-0.2, 0) is 16.1 Å². The van der Waals surface area contributed by atoms with Crippen LogP contribution in [0.4, 0.5) is 5.69 Å². The molecule has 1 heterocycles. The van der Waals surface area contributed by atoms with Crippen molar-refractivity contribution in [1.82, 2.24) is 0 Å². The van der Waals surface area contributed by atoms with Crippen LogP contribution < -0.4 is 15.4 Å². The normalized spacial score (nSPS) is 14.9. The average molecular weight is 264 g/mol. The number of fused-ring (bicyclic) bond motifs is 1. The van der Waals surface area contributed by atoms with Crippen molar-refractivity contribution in [1.29, 1.82) is 0 Å².